The first kappa shape index (κ1) is 21.5. The van der Waals surface area contributed by atoms with Crippen molar-refractivity contribution >= 4 is 23.9 Å². The molecule has 4 N–H and O–H groups in total. The molecule has 0 spiro atoms. The number of hydrazine groups is 1. The predicted molar refractivity (Wildman–Crippen MR) is 107 cm³/mol. The maximum atomic E-state index is 12.3. The average molecular weight is 440 g/mol. The summed E-state index contributed by atoms with van der Waals surface area (Å²) in [6.45, 7) is 0. The van der Waals surface area contributed by atoms with Gasteiger partial charge in [0.2, 0.25) is 0 Å². The van der Waals surface area contributed by atoms with Gasteiger partial charge < -0.3 is 20.4 Å². The van der Waals surface area contributed by atoms with Crippen LogP contribution in [0.25, 0.3) is 0 Å². The lowest BCUT2D eigenvalue weighted by molar-refractivity contribution is -0.156. The molecule has 0 radical (unpaired) electrons. The molecular weight excluding hydrogens is 420 g/mol. The van der Waals surface area contributed by atoms with Gasteiger partial charge in [0.25, 0.3) is 0 Å². The molecule has 10 heteroatoms. The van der Waals surface area contributed by atoms with Gasteiger partial charge in [-0.2, -0.15) is 0 Å². The first-order valence-electron chi connectivity index (χ1n) is 9.83. The number of nitrogens with zero attached hydrogens (tertiary/aromatic N) is 2. The normalized spacial score (nSPS) is 30.0. The summed E-state index contributed by atoms with van der Waals surface area (Å²) in [5.41, 5.74) is 0.774. The number of carboxylic acids is 4. The molecule has 166 valence electrons. The predicted octanol–water partition coefficient (Wildman–Crippen LogP) is 1.32. The molecule has 0 aliphatic carbocycles. The fraction of sp³-hybridized carbons (Fsp3) is 0.273. The van der Waals surface area contributed by atoms with Crippen molar-refractivity contribution in [3.63, 3.8) is 0 Å². The minimum Gasteiger partial charge on any atom is -0.481 e. The van der Waals surface area contributed by atoms with Crippen molar-refractivity contribution in [1.82, 2.24) is 10.0 Å². The second-order valence-electron chi connectivity index (χ2n) is 7.77. The lowest BCUT2D eigenvalue weighted by atomic mass is 9.82. The van der Waals surface area contributed by atoms with Crippen molar-refractivity contribution < 1.29 is 39.6 Å². The number of rotatable bonds is 6. The molecule has 6 atom stereocenters. The number of aliphatic carboxylic acids is 4. The highest BCUT2D eigenvalue weighted by molar-refractivity contribution is 5.88. The molecule has 2 aromatic carbocycles. The summed E-state index contributed by atoms with van der Waals surface area (Å²) in [6, 6.07) is 10.5. The van der Waals surface area contributed by atoms with E-state index >= 15 is 0 Å². The van der Waals surface area contributed by atoms with Crippen molar-refractivity contribution in [2.45, 2.75) is 24.2 Å². The molecule has 2 aromatic rings. The van der Waals surface area contributed by atoms with Crippen molar-refractivity contribution in [3.05, 3.63) is 71.8 Å². The summed E-state index contributed by atoms with van der Waals surface area (Å²) in [5.74, 6) is -8.84. The second-order valence-corrected chi connectivity index (χ2v) is 7.77. The summed E-state index contributed by atoms with van der Waals surface area (Å²) in [4.78, 5) is 49.3. The van der Waals surface area contributed by atoms with Crippen LogP contribution in [0.2, 0.25) is 0 Å². The zero-order valence-electron chi connectivity index (χ0n) is 16.6. The molecule has 0 aromatic heterocycles. The Hall–Kier alpha value is -3.76. The zero-order chi connectivity index (χ0) is 23.2. The highest BCUT2D eigenvalue weighted by Crippen LogP contribution is 2.55. The van der Waals surface area contributed by atoms with Crippen LogP contribution in [0.3, 0.4) is 0 Å². The van der Waals surface area contributed by atoms with E-state index in [2.05, 4.69) is 0 Å². The summed E-state index contributed by atoms with van der Waals surface area (Å²) < 4.78 is 0. The van der Waals surface area contributed by atoms with E-state index in [1.54, 1.807) is 60.7 Å². The fourth-order valence-electron chi connectivity index (χ4n) is 5.02. The SMILES string of the molecule is O=C(O)[C@H]1[C@@H](c2ccccc2)N2[C@H](C(=O)O)[C@H](C(=O)O)[C@H](c3ccccc3)N2[C@H]1C(=O)O. The molecule has 0 bridgehead atoms. The van der Waals surface area contributed by atoms with Crippen LogP contribution >= 0.6 is 0 Å². The maximum absolute atomic E-state index is 12.3. The second kappa shape index (κ2) is 8.06. The van der Waals surface area contributed by atoms with Gasteiger partial charge in [-0.1, -0.05) is 60.7 Å². The van der Waals surface area contributed by atoms with Crippen LogP contribution in [0.5, 0.6) is 0 Å². The van der Waals surface area contributed by atoms with Gasteiger partial charge in [-0.05, 0) is 11.1 Å². The molecular formula is C22H20N2O8. The van der Waals surface area contributed by atoms with Crippen molar-refractivity contribution in [3.8, 4) is 0 Å². The molecule has 2 saturated heterocycles. The molecule has 2 aliphatic rings. The third-order valence-electron chi connectivity index (χ3n) is 6.13. The molecule has 2 fully saturated rings. The van der Waals surface area contributed by atoms with E-state index in [4.69, 9.17) is 0 Å². The van der Waals surface area contributed by atoms with Gasteiger partial charge in [0.1, 0.15) is 23.9 Å². The highest BCUT2D eigenvalue weighted by atomic mass is 16.4. The maximum Gasteiger partial charge on any atom is 0.323 e. The molecule has 2 heterocycles. The Kier molecular flexibility index (Phi) is 5.41. The van der Waals surface area contributed by atoms with E-state index in [-0.39, 0.29) is 0 Å². The van der Waals surface area contributed by atoms with Crippen LogP contribution in [0, 0.1) is 11.8 Å². The van der Waals surface area contributed by atoms with Crippen LogP contribution in [-0.4, -0.2) is 66.4 Å². The van der Waals surface area contributed by atoms with Gasteiger partial charge >= 0.3 is 23.9 Å². The first-order chi connectivity index (χ1) is 15.3. The van der Waals surface area contributed by atoms with Crippen molar-refractivity contribution in [1.29, 1.82) is 0 Å². The van der Waals surface area contributed by atoms with Gasteiger partial charge in [-0.15, -0.1) is 0 Å². The van der Waals surface area contributed by atoms with E-state index < -0.39 is 59.9 Å². The van der Waals surface area contributed by atoms with Gasteiger partial charge in [0.05, 0.1) is 12.1 Å². The van der Waals surface area contributed by atoms with Crippen LogP contribution < -0.4 is 0 Å². The van der Waals surface area contributed by atoms with Gasteiger partial charge in [-0.3, -0.25) is 19.2 Å². The van der Waals surface area contributed by atoms with Gasteiger partial charge in [0, 0.05) is 0 Å². The van der Waals surface area contributed by atoms with Gasteiger partial charge in [0.15, 0.2) is 0 Å². The average Bonchev–Trinajstić information content (AvgIpc) is 3.27. The van der Waals surface area contributed by atoms with Crippen LogP contribution in [0.15, 0.2) is 60.7 Å². The summed E-state index contributed by atoms with van der Waals surface area (Å²) >= 11 is 0. The number of hydrogen-bond donors (Lipinski definition) is 4. The lowest BCUT2D eigenvalue weighted by Crippen LogP contribution is -2.46. The number of hydrogen-bond acceptors (Lipinski definition) is 6. The van der Waals surface area contributed by atoms with Gasteiger partial charge in [-0.25, -0.2) is 10.0 Å². The third kappa shape index (κ3) is 3.20. The smallest absolute Gasteiger partial charge is 0.323 e. The van der Waals surface area contributed by atoms with E-state index in [1.165, 1.54) is 0 Å². The molecule has 0 saturated carbocycles. The number of carboxylic acid groups (broad SMARTS) is 4. The highest BCUT2D eigenvalue weighted by Gasteiger charge is 2.68. The number of benzene rings is 2. The summed E-state index contributed by atoms with van der Waals surface area (Å²) in [5, 5.41) is 42.3. The van der Waals surface area contributed by atoms with E-state index in [0.717, 1.165) is 10.0 Å². The molecule has 0 unspecified atom stereocenters. The molecule has 10 nitrogen and oxygen atoms in total. The minimum atomic E-state index is -1.67. The number of carbonyl (C=O) groups is 4. The topological polar surface area (TPSA) is 156 Å². The van der Waals surface area contributed by atoms with Crippen molar-refractivity contribution in [2.24, 2.45) is 11.8 Å². The Balaban J connectivity index is 2.00. The van der Waals surface area contributed by atoms with Crippen LogP contribution in [0.4, 0.5) is 0 Å². The Morgan fingerprint density at radius 1 is 0.531 bits per heavy atom. The van der Waals surface area contributed by atoms with E-state index in [0.29, 0.717) is 11.1 Å². The van der Waals surface area contributed by atoms with Crippen LogP contribution in [0.1, 0.15) is 23.2 Å². The monoisotopic (exact) mass is 440 g/mol. The fourth-order valence-corrected chi connectivity index (χ4v) is 5.02. The Bertz CT molecular complexity index is 975. The summed E-state index contributed by atoms with van der Waals surface area (Å²) in [6.07, 6.45) is 0. The van der Waals surface area contributed by atoms with Crippen molar-refractivity contribution in [2.75, 3.05) is 0 Å². The molecule has 32 heavy (non-hydrogen) atoms. The Morgan fingerprint density at radius 2 is 0.844 bits per heavy atom. The molecule has 2 aliphatic heterocycles. The third-order valence-corrected chi connectivity index (χ3v) is 6.13. The largest absolute Gasteiger partial charge is 0.481 e. The molecule has 0 amide bonds. The quantitative estimate of drug-likeness (QED) is 0.517. The lowest BCUT2D eigenvalue weighted by Gasteiger charge is -2.31. The Labute approximate surface area is 181 Å². The minimum absolute atomic E-state index is 0.387. The zero-order valence-corrected chi connectivity index (χ0v) is 16.6. The van der Waals surface area contributed by atoms with E-state index in [1.807, 2.05) is 0 Å². The molecule has 4 rings (SSSR count). The standard InChI is InChI=1S/C22H20N2O8/c25-19(26)13-15(11-7-3-1-4-8-11)23-18(22(31)32)14(20(27)28)16(12-9-5-2-6-10-12)24(23)17(13)21(29)30/h1-10,13-18H,(H,25,26)(H,27,28)(H,29,30)(H,31,32)/t13-,14+,15+,16-,17+,18-. The number of fused-ring (bicyclic) bond motifs is 1. The van der Waals surface area contributed by atoms with E-state index in [9.17, 15) is 39.6 Å². The summed E-state index contributed by atoms with van der Waals surface area (Å²) in [7, 11) is 0. The van der Waals surface area contributed by atoms with Crippen LogP contribution in [-0.2, 0) is 19.2 Å². The Morgan fingerprint density at radius 3 is 1.09 bits per heavy atom. The first-order valence-corrected chi connectivity index (χ1v) is 9.83.